The van der Waals surface area contributed by atoms with Gasteiger partial charge in [-0.3, -0.25) is 0 Å². The Morgan fingerprint density at radius 1 is 1.35 bits per heavy atom. The van der Waals surface area contributed by atoms with Gasteiger partial charge < -0.3 is 9.64 Å². The van der Waals surface area contributed by atoms with E-state index in [1.54, 1.807) is 0 Å². The van der Waals surface area contributed by atoms with Gasteiger partial charge in [-0.15, -0.1) is 0 Å². The zero-order valence-corrected chi connectivity index (χ0v) is 10.8. The van der Waals surface area contributed by atoms with Crippen LogP contribution in [0.3, 0.4) is 0 Å². The van der Waals surface area contributed by atoms with Crippen LogP contribution >= 0.6 is 0 Å². The molecule has 0 fully saturated rings. The van der Waals surface area contributed by atoms with E-state index in [1.165, 1.54) is 30.5 Å². The summed E-state index contributed by atoms with van der Waals surface area (Å²) in [5.41, 5.74) is 3.51. The highest BCUT2D eigenvalue weighted by molar-refractivity contribution is 5.65. The summed E-state index contributed by atoms with van der Waals surface area (Å²) in [6.45, 7) is 10.1. The van der Waals surface area contributed by atoms with Crippen molar-refractivity contribution >= 4 is 5.69 Å². The standard InChI is InChI=1S/C15H21NO/c1-4-5-6-9-16-13(3)11-17-15-8-7-12(2)10-14(15)16/h7-8,10H,3-6,9,11H2,1-2H3. The molecule has 0 spiro atoms. The fourth-order valence-corrected chi connectivity index (χ4v) is 2.17. The lowest BCUT2D eigenvalue weighted by Gasteiger charge is -2.33. The van der Waals surface area contributed by atoms with Crippen LogP contribution in [-0.4, -0.2) is 13.2 Å². The predicted octanol–water partition coefficient (Wildman–Crippen LogP) is 3.90. The average Bonchev–Trinajstić information content (AvgIpc) is 2.32. The lowest BCUT2D eigenvalue weighted by atomic mass is 10.1. The zero-order valence-electron chi connectivity index (χ0n) is 10.8. The summed E-state index contributed by atoms with van der Waals surface area (Å²) in [6.07, 6.45) is 3.73. The molecule has 1 aliphatic rings. The third-order valence-electron chi connectivity index (χ3n) is 3.17. The molecule has 2 rings (SSSR count). The number of hydrogen-bond acceptors (Lipinski definition) is 2. The van der Waals surface area contributed by atoms with E-state index in [1.807, 2.05) is 0 Å². The van der Waals surface area contributed by atoms with Crippen molar-refractivity contribution in [3.05, 3.63) is 36.0 Å². The largest absolute Gasteiger partial charge is 0.485 e. The Kier molecular flexibility index (Phi) is 3.72. The summed E-state index contributed by atoms with van der Waals surface area (Å²) in [6, 6.07) is 6.34. The van der Waals surface area contributed by atoms with Crippen LogP contribution in [0.25, 0.3) is 0 Å². The number of rotatable bonds is 4. The Balaban J connectivity index is 2.20. The molecule has 2 nitrogen and oxygen atoms in total. The van der Waals surface area contributed by atoms with Crippen molar-refractivity contribution in [2.75, 3.05) is 18.1 Å². The number of ether oxygens (including phenoxy) is 1. The number of hydrogen-bond donors (Lipinski definition) is 0. The zero-order chi connectivity index (χ0) is 12.3. The molecule has 0 saturated carbocycles. The molecule has 0 unspecified atom stereocenters. The molecule has 1 aromatic carbocycles. The Morgan fingerprint density at radius 2 is 2.18 bits per heavy atom. The molecule has 1 aliphatic heterocycles. The average molecular weight is 231 g/mol. The molecule has 0 atom stereocenters. The predicted molar refractivity (Wildman–Crippen MR) is 72.7 cm³/mol. The molecule has 0 amide bonds. The molecule has 0 bridgehead atoms. The molecule has 17 heavy (non-hydrogen) atoms. The van der Waals surface area contributed by atoms with Crippen molar-refractivity contribution in [2.45, 2.75) is 33.1 Å². The third kappa shape index (κ3) is 2.63. The molecule has 0 saturated heterocycles. The van der Waals surface area contributed by atoms with E-state index in [0.29, 0.717) is 6.61 Å². The van der Waals surface area contributed by atoms with Crippen LogP contribution < -0.4 is 9.64 Å². The van der Waals surface area contributed by atoms with Crippen LogP contribution in [0.15, 0.2) is 30.5 Å². The maximum Gasteiger partial charge on any atom is 0.143 e. The summed E-state index contributed by atoms with van der Waals surface area (Å²) in [5, 5.41) is 0. The first kappa shape index (κ1) is 12.0. The van der Waals surface area contributed by atoms with Crippen molar-refractivity contribution < 1.29 is 4.74 Å². The summed E-state index contributed by atoms with van der Waals surface area (Å²) in [4.78, 5) is 2.31. The SMILES string of the molecule is C=C1COc2ccc(C)cc2N1CCCCC. The molecule has 1 heterocycles. The monoisotopic (exact) mass is 231 g/mol. The number of unbranched alkanes of at least 4 members (excludes halogenated alkanes) is 2. The maximum absolute atomic E-state index is 5.69. The van der Waals surface area contributed by atoms with Crippen LogP contribution in [0, 0.1) is 6.92 Å². The van der Waals surface area contributed by atoms with Gasteiger partial charge in [-0.05, 0) is 31.0 Å². The number of benzene rings is 1. The van der Waals surface area contributed by atoms with Gasteiger partial charge in [0.25, 0.3) is 0 Å². The Bertz CT molecular complexity index is 411. The van der Waals surface area contributed by atoms with E-state index in [-0.39, 0.29) is 0 Å². The minimum Gasteiger partial charge on any atom is -0.485 e. The van der Waals surface area contributed by atoms with E-state index < -0.39 is 0 Å². The van der Waals surface area contributed by atoms with Gasteiger partial charge in [0.05, 0.1) is 5.69 Å². The molecule has 0 aromatic heterocycles. The molecule has 92 valence electrons. The van der Waals surface area contributed by atoms with Gasteiger partial charge in [0.1, 0.15) is 12.4 Å². The van der Waals surface area contributed by atoms with Gasteiger partial charge in [0.15, 0.2) is 0 Å². The van der Waals surface area contributed by atoms with Crippen LogP contribution in [-0.2, 0) is 0 Å². The van der Waals surface area contributed by atoms with Crippen molar-refractivity contribution in [1.29, 1.82) is 0 Å². The Hall–Kier alpha value is -1.44. The van der Waals surface area contributed by atoms with E-state index in [4.69, 9.17) is 4.74 Å². The number of anilines is 1. The van der Waals surface area contributed by atoms with Crippen molar-refractivity contribution in [3.8, 4) is 5.75 Å². The lowest BCUT2D eigenvalue weighted by Crippen LogP contribution is -2.30. The summed E-state index contributed by atoms with van der Waals surface area (Å²) < 4.78 is 5.69. The van der Waals surface area contributed by atoms with Crippen molar-refractivity contribution in [1.82, 2.24) is 0 Å². The van der Waals surface area contributed by atoms with Gasteiger partial charge in [-0.25, -0.2) is 0 Å². The van der Waals surface area contributed by atoms with Crippen LogP contribution in [0.4, 0.5) is 5.69 Å². The third-order valence-corrected chi connectivity index (χ3v) is 3.17. The van der Waals surface area contributed by atoms with E-state index in [0.717, 1.165) is 18.0 Å². The highest BCUT2D eigenvalue weighted by Crippen LogP contribution is 2.35. The van der Waals surface area contributed by atoms with E-state index in [2.05, 4.69) is 43.5 Å². The Labute approximate surface area is 104 Å². The molecular formula is C15H21NO. The lowest BCUT2D eigenvalue weighted by molar-refractivity contribution is 0.335. The first-order valence-corrected chi connectivity index (χ1v) is 6.41. The van der Waals surface area contributed by atoms with Gasteiger partial charge >= 0.3 is 0 Å². The van der Waals surface area contributed by atoms with Gasteiger partial charge in [0, 0.05) is 12.2 Å². The summed E-state index contributed by atoms with van der Waals surface area (Å²) in [5.74, 6) is 0.986. The number of fused-ring (bicyclic) bond motifs is 1. The van der Waals surface area contributed by atoms with Crippen LogP contribution in [0.1, 0.15) is 31.7 Å². The minimum absolute atomic E-state index is 0.613. The molecule has 1 aromatic rings. The van der Waals surface area contributed by atoms with Crippen LogP contribution in [0.5, 0.6) is 5.75 Å². The number of nitrogens with zero attached hydrogens (tertiary/aromatic N) is 1. The van der Waals surface area contributed by atoms with Crippen LogP contribution in [0.2, 0.25) is 0 Å². The summed E-state index contributed by atoms with van der Waals surface area (Å²) >= 11 is 0. The molecule has 2 heteroatoms. The van der Waals surface area contributed by atoms with Gasteiger partial charge in [-0.1, -0.05) is 32.4 Å². The second-order valence-corrected chi connectivity index (χ2v) is 4.68. The smallest absolute Gasteiger partial charge is 0.143 e. The van der Waals surface area contributed by atoms with Crippen molar-refractivity contribution in [2.24, 2.45) is 0 Å². The second-order valence-electron chi connectivity index (χ2n) is 4.68. The molecular weight excluding hydrogens is 210 g/mol. The molecule has 0 aliphatic carbocycles. The van der Waals surface area contributed by atoms with Gasteiger partial charge in [0.2, 0.25) is 0 Å². The quantitative estimate of drug-likeness (QED) is 0.729. The topological polar surface area (TPSA) is 12.5 Å². The summed E-state index contributed by atoms with van der Waals surface area (Å²) in [7, 11) is 0. The fourth-order valence-electron chi connectivity index (χ4n) is 2.17. The van der Waals surface area contributed by atoms with Crippen molar-refractivity contribution in [3.63, 3.8) is 0 Å². The van der Waals surface area contributed by atoms with Gasteiger partial charge in [-0.2, -0.15) is 0 Å². The van der Waals surface area contributed by atoms with E-state index >= 15 is 0 Å². The maximum atomic E-state index is 5.69. The Morgan fingerprint density at radius 3 is 2.94 bits per heavy atom. The fraction of sp³-hybridized carbons (Fsp3) is 0.467. The number of aryl methyl sites for hydroxylation is 1. The first-order valence-electron chi connectivity index (χ1n) is 6.41. The minimum atomic E-state index is 0.613. The molecule has 0 N–H and O–H groups in total. The highest BCUT2D eigenvalue weighted by Gasteiger charge is 2.20. The molecule has 0 radical (unpaired) electrons. The highest BCUT2D eigenvalue weighted by atomic mass is 16.5. The first-order chi connectivity index (χ1) is 8.22. The second kappa shape index (κ2) is 5.26. The van der Waals surface area contributed by atoms with E-state index in [9.17, 15) is 0 Å². The normalized spacial score (nSPS) is 14.5.